The lowest BCUT2D eigenvalue weighted by atomic mass is 9.85. The van der Waals surface area contributed by atoms with Gasteiger partial charge in [-0.2, -0.15) is 0 Å². The summed E-state index contributed by atoms with van der Waals surface area (Å²) in [5.41, 5.74) is 2.58. The van der Waals surface area contributed by atoms with Crippen molar-refractivity contribution in [2.24, 2.45) is 11.8 Å². The summed E-state index contributed by atoms with van der Waals surface area (Å²) in [6.45, 7) is 6.14. The van der Waals surface area contributed by atoms with Crippen LogP contribution in [0.1, 0.15) is 55.8 Å². The van der Waals surface area contributed by atoms with Gasteiger partial charge in [-0.15, -0.1) is 0 Å². The van der Waals surface area contributed by atoms with E-state index in [1.165, 1.54) is 7.11 Å². The summed E-state index contributed by atoms with van der Waals surface area (Å²) < 4.78 is 34.3. The fraction of sp³-hybridized carbons (Fsp3) is 0.419. The number of rotatable bonds is 10. The summed E-state index contributed by atoms with van der Waals surface area (Å²) in [5, 5.41) is 21.0. The molecule has 4 rings (SSSR count). The van der Waals surface area contributed by atoms with Crippen molar-refractivity contribution in [3.8, 4) is 34.5 Å². The molecule has 1 fully saturated rings. The van der Waals surface area contributed by atoms with Gasteiger partial charge in [-0.1, -0.05) is 32.0 Å². The normalized spacial score (nSPS) is 22.2. The van der Waals surface area contributed by atoms with Gasteiger partial charge in [0.15, 0.2) is 34.5 Å². The third-order valence-corrected chi connectivity index (χ3v) is 7.63. The van der Waals surface area contributed by atoms with E-state index in [0.29, 0.717) is 34.3 Å². The molecule has 39 heavy (non-hydrogen) atoms. The first kappa shape index (κ1) is 28.4. The van der Waals surface area contributed by atoms with Gasteiger partial charge < -0.3 is 38.6 Å². The Kier molecular flexibility index (Phi) is 8.77. The Morgan fingerprint density at radius 1 is 0.667 bits per heavy atom. The quantitative estimate of drug-likeness (QED) is 0.324. The van der Waals surface area contributed by atoms with Gasteiger partial charge in [-0.3, -0.25) is 0 Å². The Morgan fingerprint density at radius 2 is 1.18 bits per heavy atom. The molecule has 210 valence electrons. The van der Waals surface area contributed by atoms with E-state index in [2.05, 4.69) is 13.8 Å². The summed E-state index contributed by atoms with van der Waals surface area (Å²) in [5.74, 6) is 3.16. The fourth-order valence-corrected chi connectivity index (χ4v) is 5.12. The van der Waals surface area contributed by atoms with Crippen molar-refractivity contribution in [3.05, 3.63) is 71.3 Å². The van der Waals surface area contributed by atoms with Crippen LogP contribution in [-0.4, -0.2) is 44.8 Å². The van der Waals surface area contributed by atoms with Crippen LogP contribution in [0.2, 0.25) is 0 Å². The molecule has 0 amide bonds. The van der Waals surface area contributed by atoms with E-state index < -0.39 is 12.2 Å². The first-order chi connectivity index (χ1) is 18.7. The van der Waals surface area contributed by atoms with E-state index in [1.807, 2.05) is 30.3 Å². The van der Waals surface area contributed by atoms with Crippen LogP contribution in [-0.2, 0) is 4.74 Å². The first-order valence-electron chi connectivity index (χ1n) is 13.0. The molecule has 0 aromatic heterocycles. The molecular weight excluding hydrogens is 500 g/mol. The van der Waals surface area contributed by atoms with Crippen LogP contribution in [0, 0.1) is 11.8 Å². The Hall–Kier alpha value is -3.62. The molecule has 3 aromatic carbocycles. The predicted molar refractivity (Wildman–Crippen MR) is 147 cm³/mol. The molecule has 6 atom stereocenters. The summed E-state index contributed by atoms with van der Waals surface area (Å²) in [6, 6.07) is 16.4. The third-order valence-electron chi connectivity index (χ3n) is 7.63. The largest absolute Gasteiger partial charge is 0.504 e. The van der Waals surface area contributed by atoms with Gasteiger partial charge in [-0.05, 0) is 71.8 Å². The predicted octanol–water partition coefficient (Wildman–Crippen LogP) is 6.01. The van der Waals surface area contributed by atoms with Crippen LogP contribution >= 0.6 is 0 Å². The lowest BCUT2D eigenvalue weighted by molar-refractivity contribution is 0.0284. The molecule has 1 heterocycles. The van der Waals surface area contributed by atoms with Gasteiger partial charge in [0.1, 0.15) is 12.2 Å². The minimum Gasteiger partial charge on any atom is -0.504 e. The second-order valence-electron chi connectivity index (χ2n) is 9.92. The number of aliphatic hydroxyl groups is 1. The van der Waals surface area contributed by atoms with Crippen molar-refractivity contribution in [1.29, 1.82) is 0 Å². The molecular formula is C31H38O8. The number of aromatic hydroxyl groups is 1. The molecule has 0 spiro atoms. The third kappa shape index (κ3) is 5.72. The highest BCUT2D eigenvalue weighted by atomic mass is 16.5. The number of phenols is 1. The van der Waals surface area contributed by atoms with Crippen molar-refractivity contribution >= 4 is 0 Å². The van der Waals surface area contributed by atoms with Gasteiger partial charge in [0.2, 0.25) is 0 Å². The van der Waals surface area contributed by atoms with Crippen LogP contribution < -0.4 is 23.7 Å². The fourth-order valence-electron chi connectivity index (χ4n) is 5.12. The molecule has 0 saturated carbocycles. The molecule has 1 saturated heterocycles. The number of hydrogen-bond acceptors (Lipinski definition) is 8. The van der Waals surface area contributed by atoms with Crippen LogP contribution in [0.3, 0.4) is 0 Å². The maximum Gasteiger partial charge on any atom is 0.161 e. The molecule has 2 N–H and O–H groups in total. The minimum absolute atomic E-state index is 0.0994. The standard InChI is InChI=1S/C31H38O8/c1-17-18(2)31(39-30(17)21-8-11-23(32)26(15-21)35-5)22-10-13-25(28(16-22)37-7)38-19(3)29(33)20-9-12-24(34-4)27(14-20)36-6/h8-19,29-33H,1-7H3. The number of benzene rings is 3. The van der Waals surface area contributed by atoms with E-state index in [-0.39, 0.29) is 29.8 Å². The van der Waals surface area contributed by atoms with Gasteiger partial charge >= 0.3 is 0 Å². The topological polar surface area (TPSA) is 95.8 Å². The second kappa shape index (κ2) is 12.1. The Bertz CT molecular complexity index is 1280. The average molecular weight is 539 g/mol. The second-order valence-corrected chi connectivity index (χ2v) is 9.92. The van der Waals surface area contributed by atoms with Crippen LogP contribution in [0.25, 0.3) is 0 Å². The lowest BCUT2D eigenvalue weighted by Gasteiger charge is -2.24. The number of ether oxygens (including phenoxy) is 6. The minimum atomic E-state index is -0.906. The Labute approximate surface area is 230 Å². The summed E-state index contributed by atoms with van der Waals surface area (Å²) in [6.07, 6.45) is -1.80. The lowest BCUT2D eigenvalue weighted by Crippen LogP contribution is -2.22. The summed E-state index contributed by atoms with van der Waals surface area (Å²) in [4.78, 5) is 0. The molecule has 8 heteroatoms. The van der Waals surface area contributed by atoms with Gasteiger partial charge in [0.25, 0.3) is 0 Å². The van der Waals surface area contributed by atoms with Crippen LogP contribution in [0.15, 0.2) is 54.6 Å². The average Bonchev–Trinajstić information content (AvgIpc) is 3.26. The van der Waals surface area contributed by atoms with Gasteiger partial charge in [0, 0.05) is 0 Å². The zero-order valence-electron chi connectivity index (χ0n) is 23.5. The van der Waals surface area contributed by atoms with Crippen molar-refractivity contribution in [2.75, 3.05) is 28.4 Å². The molecule has 8 nitrogen and oxygen atoms in total. The number of methoxy groups -OCH3 is 4. The van der Waals surface area contributed by atoms with Crippen LogP contribution in [0.4, 0.5) is 0 Å². The highest BCUT2D eigenvalue weighted by Crippen LogP contribution is 2.50. The zero-order valence-corrected chi connectivity index (χ0v) is 23.5. The Morgan fingerprint density at radius 3 is 1.77 bits per heavy atom. The molecule has 0 bridgehead atoms. The zero-order chi connectivity index (χ0) is 28.3. The van der Waals surface area contributed by atoms with Gasteiger partial charge in [0.05, 0.1) is 40.6 Å². The van der Waals surface area contributed by atoms with E-state index in [0.717, 1.165) is 11.1 Å². The van der Waals surface area contributed by atoms with E-state index in [4.69, 9.17) is 28.4 Å². The first-order valence-corrected chi connectivity index (χ1v) is 13.0. The number of aliphatic hydroxyl groups excluding tert-OH is 1. The van der Waals surface area contributed by atoms with Crippen LogP contribution in [0.5, 0.6) is 34.5 Å². The number of phenolic OH excluding ortho intramolecular Hbond substituents is 1. The van der Waals surface area contributed by atoms with Gasteiger partial charge in [-0.25, -0.2) is 0 Å². The van der Waals surface area contributed by atoms with Crippen molar-refractivity contribution in [3.63, 3.8) is 0 Å². The highest BCUT2D eigenvalue weighted by Gasteiger charge is 2.41. The molecule has 0 radical (unpaired) electrons. The van der Waals surface area contributed by atoms with E-state index in [9.17, 15) is 10.2 Å². The van der Waals surface area contributed by atoms with Crippen molar-refractivity contribution in [2.45, 2.75) is 45.2 Å². The summed E-state index contributed by atoms with van der Waals surface area (Å²) in [7, 11) is 6.25. The number of hydrogen-bond donors (Lipinski definition) is 2. The maximum absolute atomic E-state index is 11.0. The van der Waals surface area contributed by atoms with Crippen molar-refractivity contribution < 1.29 is 38.6 Å². The SMILES string of the molecule is COc1cc(C2OC(c3ccc(OC(C)C(O)c4ccc(OC)c(OC)c4)c(OC)c3)C(C)C2C)ccc1O. The smallest absolute Gasteiger partial charge is 0.161 e. The molecule has 3 aromatic rings. The highest BCUT2D eigenvalue weighted by molar-refractivity contribution is 5.46. The van der Waals surface area contributed by atoms with Crippen molar-refractivity contribution in [1.82, 2.24) is 0 Å². The Balaban J connectivity index is 1.52. The monoisotopic (exact) mass is 538 g/mol. The van der Waals surface area contributed by atoms with E-state index in [1.54, 1.807) is 52.5 Å². The molecule has 6 unspecified atom stereocenters. The summed E-state index contributed by atoms with van der Waals surface area (Å²) >= 11 is 0. The molecule has 1 aliphatic heterocycles. The molecule has 1 aliphatic rings. The maximum atomic E-state index is 11.0. The molecule has 0 aliphatic carbocycles. The van der Waals surface area contributed by atoms with E-state index >= 15 is 0 Å².